The number of methoxy groups -OCH3 is 1. The average molecular weight is 415 g/mol. The molecular formula is C18H17N5O5S. The van der Waals surface area contributed by atoms with Crippen LogP contribution in [0.5, 0.6) is 11.5 Å². The van der Waals surface area contributed by atoms with Crippen LogP contribution in [-0.4, -0.2) is 53.8 Å². The first-order chi connectivity index (χ1) is 14.1. The Balaban J connectivity index is 1.75. The highest BCUT2D eigenvalue weighted by Crippen LogP contribution is 2.34. The first-order valence-electron chi connectivity index (χ1n) is 8.57. The number of fused-ring (bicyclic) bond motifs is 2. The molecule has 0 aliphatic carbocycles. The van der Waals surface area contributed by atoms with E-state index in [1.54, 1.807) is 31.4 Å². The van der Waals surface area contributed by atoms with Crippen molar-refractivity contribution < 1.29 is 24.2 Å². The largest absolute Gasteiger partial charge is 0.454 e. The van der Waals surface area contributed by atoms with Crippen LogP contribution >= 0.6 is 11.3 Å². The van der Waals surface area contributed by atoms with Gasteiger partial charge >= 0.3 is 0 Å². The zero-order valence-corrected chi connectivity index (χ0v) is 16.2. The fourth-order valence-electron chi connectivity index (χ4n) is 2.87. The standard InChI is InChI=1S/C18H17N5O5S/c1-26-5-4-20-16(24)13-7-10-15(21-18(19)22-17(10)29-13)14(23-25)9-2-3-11-12(6-9)28-8-27-11/h2-3,6-7,25H,4-5,8H2,1H3,(H,20,24)(H2,19,21,22). The molecule has 0 saturated carbocycles. The summed E-state index contributed by atoms with van der Waals surface area (Å²) in [5.74, 6) is 0.872. The lowest BCUT2D eigenvalue weighted by atomic mass is 10.0. The first-order valence-corrected chi connectivity index (χ1v) is 9.39. The van der Waals surface area contributed by atoms with Gasteiger partial charge in [0.25, 0.3) is 5.91 Å². The highest BCUT2D eigenvalue weighted by molar-refractivity contribution is 7.20. The molecule has 2 aromatic heterocycles. The molecule has 3 aromatic rings. The Morgan fingerprint density at radius 1 is 1.34 bits per heavy atom. The Kier molecular flexibility index (Phi) is 5.14. The number of nitrogens with zero attached hydrogens (tertiary/aromatic N) is 3. The maximum Gasteiger partial charge on any atom is 0.261 e. The Bertz CT molecular complexity index is 1110. The molecule has 0 spiro atoms. The summed E-state index contributed by atoms with van der Waals surface area (Å²) in [6.45, 7) is 0.909. The summed E-state index contributed by atoms with van der Waals surface area (Å²) in [5.41, 5.74) is 6.88. The minimum Gasteiger partial charge on any atom is -0.454 e. The third-order valence-electron chi connectivity index (χ3n) is 4.20. The van der Waals surface area contributed by atoms with Crippen molar-refractivity contribution in [2.75, 3.05) is 32.8 Å². The molecule has 0 fully saturated rings. The molecule has 29 heavy (non-hydrogen) atoms. The summed E-state index contributed by atoms with van der Waals surface area (Å²) in [6, 6.07) is 6.77. The molecule has 0 saturated heterocycles. The van der Waals surface area contributed by atoms with Gasteiger partial charge < -0.3 is 30.5 Å². The number of oxime groups is 1. The highest BCUT2D eigenvalue weighted by atomic mass is 32.1. The summed E-state index contributed by atoms with van der Waals surface area (Å²) >= 11 is 1.17. The number of nitrogens with two attached hydrogens (primary N) is 1. The molecule has 4 N–H and O–H groups in total. The van der Waals surface area contributed by atoms with Crippen LogP contribution in [0.1, 0.15) is 20.9 Å². The third kappa shape index (κ3) is 3.65. The number of aromatic nitrogens is 2. The van der Waals surface area contributed by atoms with E-state index in [9.17, 15) is 10.0 Å². The van der Waals surface area contributed by atoms with Gasteiger partial charge in [0.1, 0.15) is 16.2 Å². The van der Waals surface area contributed by atoms with Gasteiger partial charge in [-0.2, -0.15) is 0 Å². The van der Waals surface area contributed by atoms with Crippen molar-refractivity contribution in [1.82, 2.24) is 15.3 Å². The molecule has 0 atom stereocenters. The zero-order chi connectivity index (χ0) is 20.4. The topological polar surface area (TPSA) is 141 Å². The first kappa shape index (κ1) is 18.9. The summed E-state index contributed by atoms with van der Waals surface area (Å²) in [4.78, 5) is 21.8. The lowest BCUT2D eigenvalue weighted by Crippen LogP contribution is -2.26. The zero-order valence-electron chi connectivity index (χ0n) is 15.3. The smallest absolute Gasteiger partial charge is 0.261 e. The van der Waals surface area contributed by atoms with Crippen LogP contribution in [0.4, 0.5) is 5.95 Å². The molecule has 150 valence electrons. The summed E-state index contributed by atoms with van der Waals surface area (Å²) in [7, 11) is 1.56. The third-order valence-corrected chi connectivity index (χ3v) is 5.22. The second-order valence-corrected chi connectivity index (χ2v) is 7.06. The van der Waals surface area contributed by atoms with E-state index in [1.807, 2.05) is 0 Å². The van der Waals surface area contributed by atoms with E-state index in [0.717, 1.165) is 0 Å². The number of hydrogen-bond acceptors (Lipinski definition) is 10. The Morgan fingerprint density at radius 3 is 2.97 bits per heavy atom. The van der Waals surface area contributed by atoms with Gasteiger partial charge in [-0.15, -0.1) is 11.3 Å². The number of ether oxygens (including phenoxy) is 3. The van der Waals surface area contributed by atoms with Crippen LogP contribution in [0.2, 0.25) is 0 Å². The number of nitrogen functional groups attached to an aromatic ring is 1. The molecular weight excluding hydrogens is 398 g/mol. The summed E-state index contributed by atoms with van der Waals surface area (Å²) in [5, 5.41) is 16.4. The van der Waals surface area contributed by atoms with Gasteiger partial charge in [-0.05, 0) is 24.3 Å². The molecule has 10 nitrogen and oxygen atoms in total. The van der Waals surface area contributed by atoms with Crippen LogP contribution in [0.25, 0.3) is 10.2 Å². The van der Waals surface area contributed by atoms with Gasteiger partial charge in [-0.1, -0.05) is 5.16 Å². The van der Waals surface area contributed by atoms with E-state index in [1.165, 1.54) is 11.3 Å². The van der Waals surface area contributed by atoms with Crippen molar-refractivity contribution in [2.24, 2.45) is 5.16 Å². The molecule has 3 heterocycles. The molecule has 1 amide bonds. The van der Waals surface area contributed by atoms with Gasteiger partial charge in [0, 0.05) is 24.6 Å². The van der Waals surface area contributed by atoms with Gasteiger partial charge in [0.05, 0.1) is 11.5 Å². The molecule has 11 heteroatoms. The Morgan fingerprint density at radius 2 is 2.17 bits per heavy atom. The van der Waals surface area contributed by atoms with Crippen molar-refractivity contribution in [2.45, 2.75) is 0 Å². The minimum atomic E-state index is -0.264. The molecule has 0 bridgehead atoms. The maximum absolute atomic E-state index is 12.4. The van der Waals surface area contributed by atoms with Crippen LogP contribution in [0.3, 0.4) is 0 Å². The summed E-state index contributed by atoms with van der Waals surface area (Å²) < 4.78 is 15.6. The normalized spacial score (nSPS) is 13.1. The van der Waals surface area contributed by atoms with E-state index in [2.05, 4.69) is 20.4 Å². The number of anilines is 1. The van der Waals surface area contributed by atoms with E-state index >= 15 is 0 Å². The Labute approximate surface area is 168 Å². The number of hydrogen-bond donors (Lipinski definition) is 3. The lowest BCUT2D eigenvalue weighted by molar-refractivity contribution is 0.0941. The summed E-state index contributed by atoms with van der Waals surface area (Å²) in [6.07, 6.45) is 0. The number of carbonyl (C=O) groups is 1. The Hall–Kier alpha value is -3.44. The maximum atomic E-state index is 12.4. The molecule has 0 unspecified atom stereocenters. The van der Waals surface area contributed by atoms with Gasteiger partial charge in [-0.3, -0.25) is 4.79 Å². The number of nitrogens with one attached hydrogen (secondary N) is 1. The van der Waals surface area contributed by atoms with Gasteiger partial charge in [0.2, 0.25) is 12.7 Å². The fraction of sp³-hybridized carbons (Fsp3) is 0.222. The molecule has 1 aliphatic heterocycles. The van der Waals surface area contributed by atoms with Crippen LogP contribution in [0.15, 0.2) is 29.4 Å². The number of rotatable bonds is 6. The van der Waals surface area contributed by atoms with E-state index in [0.29, 0.717) is 51.0 Å². The molecule has 4 rings (SSSR count). The molecule has 0 radical (unpaired) electrons. The number of amides is 1. The average Bonchev–Trinajstić information content (AvgIpc) is 3.35. The second-order valence-electron chi connectivity index (χ2n) is 6.03. The van der Waals surface area contributed by atoms with Crippen LogP contribution < -0.4 is 20.5 Å². The van der Waals surface area contributed by atoms with Crippen molar-refractivity contribution in [1.29, 1.82) is 0 Å². The number of thiophene rings is 1. The second kappa shape index (κ2) is 7.89. The lowest BCUT2D eigenvalue weighted by Gasteiger charge is -2.07. The van der Waals surface area contributed by atoms with Gasteiger partial charge in [0.15, 0.2) is 11.5 Å². The highest BCUT2D eigenvalue weighted by Gasteiger charge is 2.22. The van der Waals surface area contributed by atoms with Crippen LogP contribution in [-0.2, 0) is 4.74 Å². The van der Waals surface area contributed by atoms with Crippen molar-refractivity contribution >= 4 is 39.1 Å². The quantitative estimate of drug-likeness (QED) is 0.239. The predicted molar refractivity (Wildman–Crippen MR) is 106 cm³/mol. The van der Waals surface area contributed by atoms with E-state index in [4.69, 9.17) is 19.9 Å². The predicted octanol–water partition coefficient (Wildman–Crippen LogP) is 1.60. The number of benzene rings is 1. The van der Waals surface area contributed by atoms with Crippen molar-refractivity contribution in [3.05, 3.63) is 40.4 Å². The molecule has 1 aliphatic rings. The fourth-order valence-corrected chi connectivity index (χ4v) is 3.82. The van der Waals surface area contributed by atoms with Crippen LogP contribution in [0, 0.1) is 0 Å². The monoisotopic (exact) mass is 415 g/mol. The number of carbonyl (C=O) groups excluding carboxylic acids is 1. The minimum absolute atomic E-state index is 0.00239. The van der Waals surface area contributed by atoms with E-state index in [-0.39, 0.29) is 24.4 Å². The van der Waals surface area contributed by atoms with Gasteiger partial charge in [-0.25, -0.2) is 9.97 Å². The van der Waals surface area contributed by atoms with Crippen molar-refractivity contribution in [3.8, 4) is 11.5 Å². The van der Waals surface area contributed by atoms with E-state index < -0.39 is 0 Å². The SMILES string of the molecule is COCCNC(=O)c1cc2c(C(=NO)c3ccc4c(c3)OCO4)nc(N)nc2s1. The molecule has 1 aromatic carbocycles. The van der Waals surface area contributed by atoms with Crippen molar-refractivity contribution in [3.63, 3.8) is 0 Å².